The van der Waals surface area contributed by atoms with Gasteiger partial charge in [0.1, 0.15) is 11.4 Å². The van der Waals surface area contributed by atoms with Crippen LogP contribution in [0.15, 0.2) is 18.2 Å². The third kappa shape index (κ3) is 2.74. The first-order valence-electron chi connectivity index (χ1n) is 6.43. The third-order valence-corrected chi connectivity index (χ3v) is 3.83. The van der Waals surface area contributed by atoms with Crippen LogP contribution >= 0.6 is 0 Å². The van der Waals surface area contributed by atoms with E-state index < -0.39 is 34.6 Å². The molecule has 7 heteroatoms. The summed E-state index contributed by atoms with van der Waals surface area (Å²) in [4.78, 5) is 13.2. The molecule has 0 radical (unpaired) electrons. The zero-order chi connectivity index (χ0) is 16.0. The van der Waals surface area contributed by atoms with Crippen molar-refractivity contribution in [2.75, 3.05) is 13.1 Å². The molecule has 1 heterocycles. The highest BCUT2D eigenvalue weighted by Gasteiger charge is 2.46. The summed E-state index contributed by atoms with van der Waals surface area (Å²) in [5.41, 5.74) is -3.16. The smallest absolute Gasteiger partial charge is 0.386 e. The average molecular weight is 305 g/mol. The number of halogens is 4. The molecule has 0 spiro atoms. The molecule has 0 bridgehead atoms. The fourth-order valence-electron chi connectivity index (χ4n) is 2.21. The standard InChI is InChI=1S/C14H15F4NO2/c1-8(2)13(21)6-19(7-13)12(20)9-4-3-5-10(11(9)15)14(16,17)18/h3-5,8,21H,6-7H2,1-2H3. The van der Waals surface area contributed by atoms with E-state index in [9.17, 15) is 27.5 Å². The number of rotatable bonds is 2. The second-order valence-electron chi connectivity index (χ2n) is 5.58. The molecule has 116 valence electrons. The van der Waals surface area contributed by atoms with Crippen molar-refractivity contribution in [2.45, 2.75) is 25.6 Å². The van der Waals surface area contributed by atoms with Crippen molar-refractivity contribution >= 4 is 5.91 Å². The third-order valence-electron chi connectivity index (χ3n) is 3.83. The summed E-state index contributed by atoms with van der Waals surface area (Å²) in [7, 11) is 0. The average Bonchev–Trinajstić information content (AvgIpc) is 2.32. The van der Waals surface area contributed by atoms with E-state index >= 15 is 0 Å². The summed E-state index contributed by atoms with van der Waals surface area (Å²) in [6, 6.07) is 2.60. The largest absolute Gasteiger partial charge is 0.419 e. The maximum absolute atomic E-state index is 13.9. The maximum Gasteiger partial charge on any atom is 0.419 e. The Labute approximate surface area is 119 Å². The van der Waals surface area contributed by atoms with Gasteiger partial charge < -0.3 is 10.0 Å². The Morgan fingerprint density at radius 3 is 2.38 bits per heavy atom. The van der Waals surface area contributed by atoms with Crippen LogP contribution in [0.25, 0.3) is 0 Å². The van der Waals surface area contributed by atoms with Crippen molar-refractivity contribution in [2.24, 2.45) is 5.92 Å². The zero-order valence-corrected chi connectivity index (χ0v) is 11.5. The van der Waals surface area contributed by atoms with Crippen molar-refractivity contribution < 1.29 is 27.5 Å². The molecule has 0 unspecified atom stereocenters. The van der Waals surface area contributed by atoms with Crippen LogP contribution in [0.1, 0.15) is 29.8 Å². The summed E-state index contributed by atoms with van der Waals surface area (Å²) >= 11 is 0. The van der Waals surface area contributed by atoms with Crippen LogP contribution < -0.4 is 0 Å². The number of aliphatic hydroxyl groups is 1. The molecule has 1 N–H and O–H groups in total. The molecule has 0 aliphatic carbocycles. The number of likely N-dealkylation sites (tertiary alicyclic amines) is 1. The summed E-state index contributed by atoms with van der Waals surface area (Å²) < 4.78 is 51.7. The second kappa shape index (κ2) is 4.98. The van der Waals surface area contributed by atoms with Crippen LogP contribution in [0.3, 0.4) is 0 Å². The number of hydrogen-bond acceptors (Lipinski definition) is 2. The molecule has 1 amide bonds. The Morgan fingerprint density at radius 1 is 1.33 bits per heavy atom. The van der Waals surface area contributed by atoms with Crippen LogP contribution in [0.4, 0.5) is 17.6 Å². The van der Waals surface area contributed by atoms with Crippen LogP contribution in [0.5, 0.6) is 0 Å². The van der Waals surface area contributed by atoms with Gasteiger partial charge in [-0.25, -0.2) is 4.39 Å². The Kier molecular flexibility index (Phi) is 3.73. The lowest BCUT2D eigenvalue weighted by atomic mass is 9.82. The number of carbonyl (C=O) groups excluding carboxylic acids is 1. The van der Waals surface area contributed by atoms with E-state index in [1.165, 1.54) is 0 Å². The van der Waals surface area contributed by atoms with Gasteiger partial charge in [-0.05, 0) is 18.1 Å². The topological polar surface area (TPSA) is 40.5 Å². The summed E-state index contributed by atoms with van der Waals surface area (Å²) in [5, 5.41) is 10.0. The lowest BCUT2D eigenvalue weighted by molar-refractivity contribution is -0.140. The quantitative estimate of drug-likeness (QED) is 0.854. The van der Waals surface area contributed by atoms with E-state index in [1.807, 2.05) is 0 Å². The predicted octanol–water partition coefficient (Wildman–Crippen LogP) is 2.69. The highest BCUT2D eigenvalue weighted by molar-refractivity contribution is 5.95. The van der Waals surface area contributed by atoms with Gasteiger partial charge >= 0.3 is 6.18 Å². The first-order valence-corrected chi connectivity index (χ1v) is 6.43. The summed E-state index contributed by atoms with van der Waals surface area (Å²) in [5.74, 6) is -2.52. The molecule has 1 fully saturated rings. The molecule has 1 aromatic carbocycles. The van der Waals surface area contributed by atoms with Gasteiger partial charge in [0, 0.05) is 0 Å². The van der Waals surface area contributed by atoms with Crippen LogP contribution in [-0.2, 0) is 6.18 Å². The molecule has 0 saturated carbocycles. The van der Waals surface area contributed by atoms with E-state index in [-0.39, 0.29) is 19.0 Å². The first-order chi connectivity index (χ1) is 9.56. The Hall–Kier alpha value is -1.63. The van der Waals surface area contributed by atoms with E-state index in [2.05, 4.69) is 0 Å². The van der Waals surface area contributed by atoms with Crippen LogP contribution in [0, 0.1) is 11.7 Å². The molecular formula is C14H15F4NO2. The van der Waals surface area contributed by atoms with Gasteiger partial charge in [-0.1, -0.05) is 19.9 Å². The van der Waals surface area contributed by atoms with Gasteiger partial charge in [-0.15, -0.1) is 0 Å². The van der Waals surface area contributed by atoms with E-state index in [1.54, 1.807) is 13.8 Å². The monoisotopic (exact) mass is 305 g/mol. The molecule has 1 aliphatic rings. The highest BCUT2D eigenvalue weighted by Crippen LogP contribution is 2.34. The molecular weight excluding hydrogens is 290 g/mol. The van der Waals surface area contributed by atoms with Crippen LogP contribution in [-0.4, -0.2) is 34.6 Å². The number of nitrogens with zero attached hydrogens (tertiary/aromatic N) is 1. The molecule has 3 nitrogen and oxygen atoms in total. The number of alkyl halides is 3. The minimum Gasteiger partial charge on any atom is -0.386 e. The van der Waals surface area contributed by atoms with Crippen molar-refractivity contribution in [3.63, 3.8) is 0 Å². The van der Waals surface area contributed by atoms with E-state index in [0.717, 1.165) is 17.0 Å². The number of hydrogen-bond donors (Lipinski definition) is 1. The number of benzene rings is 1. The van der Waals surface area contributed by atoms with Gasteiger partial charge in [0.05, 0.1) is 24.2 Å². The fraction of sp³-hybridized carbons (Fsp3) is 0.500. The number of amides is 1. The first kappa shape index (κ1) is 15.8. The number of β-amino-alcohol motifs (C(OH)–C–C–N with tert-alkyl or cyclic N) is 1. The molecule has 0 atom stereocenters. The molecule has 2 rings (SSSR count). The molecule has 0 aromatic heterocycles. The van der Waals surface area contributed by atoms with Crippen molar-refractivity contribution in [1.82, 2.24) is 4.90 Å². The van der Waals surface area contributed by atoms with E-state index in [4.69, 9.17) is 0 Å². The van der Waals surface area contributed by atoms with Gasteiger partial charge in [0.2, 0.25) is 0 Å². The second-order valence-corrected chi connectivity index (χ2v) is 5.58. The van der Waals surface area contributed by atoms with Gasteiger partial charge in [-0.3, -0.25) is 4.79 Å². The minimum atomic E-state index is -4.85. The van der Waals surface area contributed by atoms with Gasteiger partial charge in [-0.2, -0.15) is 13.2 Å². The van der Waals surface area contributed by atoms with Crippen molar-refractivity contribution in [3.8, 4) is 0 Å². The molecule has 1 aliphatic heterocycles. The maximum atomic E-state index is 13.9. The fourth-order valence-corrected chi connectivity index (χ4v) is 2.21. The summed E-state index contributed by atoms with van der Waals surface area (Å²) in [6.45, 7) is 3.51. The lowest BCUT2D eigenvalue weighted by Gasteiger charge is -2.49. The van der Waals surface area contributed by atoms with Crippen molar-refractivity contribution in [1.29, 1.82) is 0 Å². The molecule has 1 saturated heterocycles. The Balaban J connectivity index is 2.23. The SMILES string of the molecule is CC(C)C1(O)CN(C(=O)c2cccc(C(F)(F)F)c2F)C1. The zero-order valence-electron chi connectivity index (χ0n) is 11.5. The molecule has 1 aromatic rings. The van der Waals surface area contributed by atoms with E-state index in [0.29, 0.717) is 6.07 Å². The predicted molar refractivity (Wildman–Crippen MR) is 67.1 cm³/mol. The van der Waals surface area contributed by atoms with Crippen LogP contribution in [0.2, 0.25) is 0 Å². The minimum absolute atomic E-state index is 0.0147. The number of carbonyl (C=O) groups is 1. The summed E-state index contributed by atoms with van der Waals surface area (Å²) in [6.07, 6.45) is -4.85. The highest BCUT2D eigenvalue weighted by atomic mass is 19.4. The van der Waals surface area contributed by atoms with Crippen molar-refractivity contribution in [3.05, 3.63) is 35.1 Å². The van der Waals surface area contributed by atoms with Gasteiger partial charge in [0.25, 0.3) is 5.91 Å². The Morgan fingerprint density at radius 2 is 1.90 bits per heavy atom. The lowest BCUT2D eigenvalue weighted by Crippen LogP contribution is -2.66. The normalized spacial score (nSPS) is 17.8. The van der Waals surface area contributed by atoms with Gasteiger partial charge in [0.15, 0.2) is 0 Å². The molecule has 21 heavy (non-hydrogen) atoms. The Bertz CT molecular complexity index is 563.